The molecule has 0 atom stereocenters. The van der Waals surface area contributed by atoms with E-state index in [1.54, 1.807) is 7.11 Å². The molecule has 1 aliphatic rings. The summed E-state index contributed by atoms with van der Waals surface area (Å²) in [5.74, 6) is 1.98. The first-order valence-electron chi connectivity index (χ1n) is 9.92. The minimum Gasteiger partial charge on any atom is -0.495 e. The van der Waals surface area contributed by atoms with E-state index < -0.39 is 0 Å². The number of benzene rings is 2. The zero-order chi connectivity index (χ0) is 19.3. The molecule has 0 bridgehead atoms. The molecule has 1 aliphatic heterocycles. The van der Waals surface area contributed by atoms with Crippen LogP contribution in [0.1, 0.15) is 12.1 Å². The molecule has 5 heteroatoms. The lowest BCUT2D eigenvalue weighted by Crippen LogP contribution is -2.31. The van der Waals surface area contributed by atoms with Crippen molar-refractivity contribution in [2.45, 2.75) is 13.0 Å². The average molecular weight is 377 g/mol. The molecule has 0 radical (unpaired) electrons. The maximum absolute atomic E-state index is 5.56. The van der Waals surface area contributed by atoms with Crippen LogP contribution in [0.2, 0.25) is 0 Å². The summed E-state index contributed by atoms with van der Waals surface area (Å²) in [6.45, 7) is 5.11. The van der Waals surface area contributed by atoms with Gasteiger partial charge in [-0.05, 0) is 18.6 Å². The molecule has 146 valence electrons. The van der Waals surface area contributed by atoms with Crippen molar-refractivity contribution >= 4 is 5.69 Å². The highest BCUT2D eigenvalue weighted by molar-refractivity contribution is 5.58. The molecule has 0 amide bonds. The Morgan fingerprint density at radius 3 is 2.54 bits per heavy atom. The molecule has 3 aromatic rings. The van der Waals surface area contributed by atoms with E-state index in [2.05, 4.69) is 62.8 Å². The summed E-state index contributed by atoms with van der Waals surface area (Å²) in [5.41, 5.74) is 3.61. The van der Waals surface area contributed by atoms with Crippen molar-refractivity contribution in [2.75, 3.05) is 38.2 Å². The predicted octanol–water partition coefficient (Wildman–Crippen LogP) is 3.81. The second-order valence-corrected chi connectivity index (χ2v) is 7.29. The van der Waals surface area contributed by atoms with Gasteiger partial charge in [0.05, 0.1) is 24.7 Å². The Bertz CT molecular complexity index is 906. The Kier molecular flexibility index (Phi) is 5.63. The normalized spacial score (nSPS) is 15.4. The van der Waals surface area contributed by atoms with Gasteiger partial charge in [-0.2, -0.15) is 0 Å². The van der Waals surface area contributed by atoms with E-state index in [-0.39, 0.29) is 0 Å². The Labute approximate surface area is 167 Å². The van der Waals surface area contributed by atoms with E-state index in [0.717, 1.165) is 56.3 Å². The molecule has 4 rings (SSSR count). The number of hydrogen-bond acceptors (Lipinski definition) is 4. The number of para-hydroxylation sites is 2. The molecular weight excluding hydrogens is 348 g/mol. The number of hydrogen-bond donors (Lipinski definition) is 0. The van der Waals surface area contributed by atoms with Gasteiger partial charge in [-0.25, -0.2) is 4.98 Å². The van der Waals surface area contributed by atoms with Crippen molar-refractivity contribution < 1.29 is 4.74 Å². The molecule has 0 saturated carbocycles. The van der Waals surface area contributed by atoms with Gasteiger partial charge >= 0.3 is 0 Å². The Hall–Kier alpha value is -2.79. The highest BCUT2D eigenvalue weighted by Crippen LogP contribution is 2.28. The standard InChI is InChI=1S/C23H28N4O/c1-25-20(17-24-23(25)19-9-4-3-5-10-19)18-26-13-8-14-27(16-15-26)21-11-6-7-12-22(21)28-2/h3-7,9-12,17H,8,13-16,18H2,1-2H3. The second kappa shape index (κ2) is 8.48. The van der Waals surface area contributed by atoms with Crippen LogP contribution in [0.15, 0.2) is 60.8 Å². The summed E-state index contributed by atoms with van der Waals surface area (Å²) in [6.07, 6.45) is 3.16. The lowest BCUT2D eigenvalue weighted by molar-refractivity contribution is 0.279. The SMILES string of the molecule is COc1ccccc1N1CCCN(Cc2cnc(-c3ccccc3)n2C)CC1. The smallest absolute Gasteiger partial charge is 0.142 e. The van der Waals surface area contributed by atoms with Gasteiger partial charge in [-0.15, -0.1) is 0 Å². The number of rotatable bonds is 5. The quantitative estimate of drug-likeness (QED) is 0.678. The van der Waals surface area contributed by atoms with Crippen LogP contribution in [0.4, 0.5) is 5.69 Å². The molecule has 2 heterocycles. The molecule has 0 unspecified atom stereocenters. The first-order chi connectivity index (χ1) is 13.8. The molecule has 1 aromatic heterocycles. The van der Waals surface area contributed by atoms with Crippen molar-refractivity contribution in [1.82, 2.24) is 14.5 Å². The minimum atomic E-state index is 0.927. The molecule has 2 aromatic carbocycles. The van der Waals surface area contributed by atoms with E-state index in [1.165, 1.54) is 11.4 Å². The van der Waals surface area contributed by atoms with E-state index in [0.29, 0.717) is 0 Å². The third kappa shape index (κ3) is 3.90. The zero-order valence-corrected chi connectivity index (χ0v) is 16.7. The minimum absolute atomic E-state index is 0.927. The van der Waals surface area contributed by atoms with Crippen LogP contribution in [0.3, 0.4) is 0 Å². The van der Waals surface area contributed by atoms with Crippen molar-refractivity contribution in [3.8, 4) is 17.1 Å². The summed E-state index contributed by atoms with van der Waals surface area (Å²) in [4.78, 5) is 9.64. The number of nitrogens with zero attached hydrogens (tertiary/aromatic N) is 4. The van der Waals surface area contributed by atoms with Gasteiger partial charge in [0.1, 0.15) is 11.6 Å². The molecule has 1 fully saturated rings. The van der Waals surface area contributed by atoms with Gasteiger partial charge in [-0.1, -0.05) is 42.5 Å². The van der Waals surface area contributed by atoms with Gasteiger partial charge in [0.25, 0.3) is 0 Å². The summed E-state index contributed by atoms with van der Waals surface area (Å²) in [5, 5.41) is 0. The lowest BCUT2D eigenvalue weighted by Gasteiger charge is -2.25. The topological polar surface area (TPSA) is 33.5 Å². The van der Waals surface area contributed by atoms with Crippen molar-refractivity contribution in [1.29, 1.82) is 0 Å². The second-order valence-electron chi connectivity index (χ2n) is 7.29. The molecule has 0 aliphatic carbocycles. The van der Waals surface area contributed by atoms with Gasteiger partial charge < -0.3 is 14.2 Å². The zero-order valence-electron chi connectivity index (χ0n) is 16.7. The van der Waals surface area contributed by atoms with E-state index >= 15 is 0 Å². The van der Waals surface area contributed by atoms with Crippen LogP contribution in [-0.2, 0) is 13.6 Å². The summed E-state index contributed by atoms with van der Waals surface area (Å²) < 4.78 is 7.78. The van der Waals surface area contributed by atoms with Crippen LogP contribution in [0.5, 0.6) is 5.75 Å². The van der Waals surface area contributed by atoms with Gasteiger partial charge in [-0.3, -0.25) is 4.90 Å². The highest BCUT2D eigenvalue weighted by Gasteiger charge is 2.19. The maximum atomic E-state index is 5.56. The molecule has 28 heavy (non-hydrogen) atoms. The van der Waals surface area contributed by atoms with Gasteiger partial charge in [0.15, 0.2) is 0 Å². The third-order valence-electron chi connectivity index (χ3n) is 5.52. The lowest BCUT2D eigenvalue weighted by atomic mass is 10.2. The Morgan fingerprint density at radius 2 is 1.71 bits per heavy atom. The van der Waals surface area contributed by atoms with E-state index in [9.17, 15) is 0 Å². The van der Waals surface area contributed by atoms with Gasteiger partial charge in [0, 0.05) is 45.3 Å². The molecule has 1 saturated heterocycles. The number of ether oxygens (including phenoxy) is 1. The van der Waals surface area contributed by atoms with E-state index in [1.807, 2.05) is 24.4 Å². The largest absolute Gasteiger partial charge is 0.495 e. The van der Waals surface area contributed by atoms with E-state index in [4.69, 9.17) is 4.74 Å². The van der Waals surface area contributed by atoms with Crippen molar-refractivity contribution in [3.63, 3.8) is 0 Å². The maximum Gasteiger partial charge on any atom is 0.142 e. The van der Waals surface area contributed by atoms with Crippen LogP contribution in [0.25, 0.3) is 11.4 Å². The fraction of sp³-hybridized carbons (Fsp3) is 0.348. The Morgan fingerprint density at radius 1 is 0.929 bits per heavy atom. The molecule has 0 spiro atoms. The average Bonchev–Trinajstić information content (AvgIpc) is 2.95. The third-order valence-corrected chi connectivity index (χ3v) is 5.52. The number of methoxy groups -OCH3 is 1. The summed E-state index contributed by atoms with van der Waals surface area (Å²) >= 11 is 0. The number of aromatic nitrogens is 2. The first kappa shape index (κ1) is 18.6. The monoisotopic (exact) mass is 376 g/mol. The highest BCUT2D eigenvalue weighted by atomic mass is 16.5. The fourth-order valence-electron chi connectivity index (χ4n) is 3.94. The number of anilines is 1. The fourth-order valence-corrected chi connectivity index (χ4v) is 3.94. The van der Waals surface area contributed by atoms with Crippen LogP contribution in [-0.4, -0.2) is 47.7 Å². The van der Waals surface area contributed by atoms with Crippen LogP contribution in [0, 0.1) is 0 Å². The molecule has 5 nitrogen and oxygen atoms in total. The van der Waals surface area contributed by atoms with Gasteiger partial charge in [0.2, 0.25) is 0 Å². The Balaban J connectivity index is 1.44. The first-order valence-corrected chi connectivity index (χ1v) is 9.92. The van der Waals surface area contributed by atoms with Crippen molar-refractivity contribution in [3.05, 3.63) is 66.5 Å². The molecular formula is C23H28N4O. The summed E-state index contributed by atoms with van der Waals surface area (Å²) in [6, 6.07) is 18.7. The summed E-state index contributed by atoms with van der Waals surface area (Å²) in [7, 11) is 3.86. The van der Waals surface area contributed by atoms with Crippen molar-refractivity contribution in [2.24, 2.45) is 7.05 Å². The van der Waals surface area contributed by atoms with Crippen LogP contribution >= 0.6 is 0 Å². The predicted molar refractivity (Wildman–Crippen MR) is 114 cm³/mol. The number of imidazole rings is 1. The van der Waals surface area contributed by atoms with Crippen LogP contribution < -0.4 is 9.64 Å². The molecule has 0 N–H and O–H groups in total.